The second kappa shape index (κ2) is 5.87. The van der Waals surface area contributed by atoms with E-state index in [-0.39, 0.29) is 18.5 Å². The van der Waals surface area contributed by atoms with E-state index in [1.807, 2.05) is 24.3 Å². The fraction of sp³-hybridized carbons (Fsp3) is 0.125. The summed E-state index contributed by atoms with van der Waals surface area (Å²) in [7, 11) is 0. The third-order valence-corrected chi connectivity index (χ3v) is 6.14. The fourth-order valence-corrected chi connectivity index (χ4v) is 4.73. The van der Waals surface area contributed by atoms with Crippen molar-refractivity contribution in [2.45, 2.75) is 18.5 Å². The van der Waals surface area contributed by atoms with E-state index < -0.39 is 0 Å². The van der Waals surface area contributed by atoms with Gasteiger partial charge in [-0.05, 0) is 11.1 Å². The van der Waals surface area contributed by atoms with Crippen molar-refractivity contribution in [1.29, 1.82) is 0 Å². The summed E-state index contributed by atoms with van der Waals surface area (Å²) in [6, 6.07) is 25.0. The normalized spacial score (nSPS) is 25.5. The van der Waals surface area contributed by atoms with Crippen LogP contribution in [0.4, 0.5) is 0 Å². The van der Waals surface area contributed by atoms with Crippen LogP contribution >= 0.6 is 0 Å². The van der Waals surface area contributed by atoms with Crippen LogP contribution in [0.3, 0.4) is 0 Å². The lowest BCUT2D eigenvalue weighted by Crippen LogP contribution is -2.35. The summed E-state index contributed by atoms with van der Waals surface area (Å²) < 4.78 is 0. The summed E-state index contributed by atoms with van der Waals surface area (Å²) in [5.41, 5.74) is 6.24. The van der Waals surface area contributed by atoms with E-state index in [1.165, 1.54) is 11.1 Å². The SMILES string of the molecule is c1ccc2c(c1)C1=NC2/N=c2\[nH]/c(c3ccccc23)=N\C2NC(N1)c1ccccc12. The van der Waals surface area contributed by atoms with E-state index in [2.05, 4.69) is 64.1 Å². The van der Waals surface area contributed by atoms with Crippen LogP contribution in [0.2, 0.25) is 0 Å². The molecule has 3 atom stereocenters. The lowest BCUT2D eigenvalue weighted by atomic mass is 10.1. The Morgan fingerprint density at radius 2 is 1.30 bits per heavy atom. The van der Waals surface area contributed by atoms with Gasteiger partial charge >= 0.3 is 0 Å². The third kappa shape index (κ3) is 2.19. The third-order valence-electron chi connectivity index (χ3n) is 6.14. The van der Waals surface area contributed by atoms with Crippen molar-refractivity contribution in [2.75, 3.05) is 0 Å². The maximum absolute atomic E-state index is 5.07. The largest absolute Gasteiger partial charge is 0.350 e. The van der Waals surface area contributed by atoms with Crippen LogP contribution in [-0.4, -0.2) is 10.8 Å². The standard InChI is InChI=1S/C24H18N6/c1-2-8-14-13(7-1)19-25-20(14)29-22-17-11-5-6-12-18(17)24(27-22)30-23-16-10-4-3-9-15(16)21(26-23)28-19/h1-12,19-20,23,25H,(H,26,28)(H,27,29,30). The van der Waals surface area contributed by atoms with Gasteiger partial charge in [0.05, 0.1) is 0 Å². The van der Waals surface area contributed by atoms with Crippen LogP contribution in [0.25, 0.3) is 10.8 Å². The number of hydrogen-bond donors (Lipinski definition) is 3. The van der Waals surface area contributed by atoms with Gasteiger partial charge in [0.25, 0.3) is 0 Å². The summed E-state index contributed by atoms with van der Waals surface area (Å²) in [5.74, 6) is 0.865. The molecule has 3 aliphatic rings. The highest BCUT2D eigenvalue weighted by atomic mass is 15.3. The monoisotopic (exact) mass is 390 g/mol. The summed E-state index contributed by atoms with van der Waals surface area (Å²) in [5, 5.41) is 9.39. The first-order valence-electron chi connectivity index (χ1n) is 10.2. The molecule has 0 saturated heterocycles. The van der Waals surface area contributed by atoms with Gasteiger partial charge in [-0.15, -0.1) is 0 Å². The second-order valence-electron chi connectivity index (χ2n) is 7.84. The molecule has 0 spiro atoms. The lowest BCUT2D eigenvalue weighted by Gasteiger charge is -2.17. The van der Waals surface area contributed by atoms with E-state index >= 15 is 0 Å². The molecule has 0 amide bonds. The molecule has 144 valence electrons. The number of hydrogen-bond acceptors (Lipinski definition) is 5. The molecule has 4 aromatic rings. The lowest BCUT2D eigenvalue weighted by molar-refractivity contribution is 0.478. The maximum atomic E-state index is 5.07. The van der Waals surface area contributed by atoms with E-state index in [0.717, 1.165) is 38.7 Å². The minimum Gasteiger partial charge on any atom is -0.350 e. The molecule has 0 radical (unpaired) electrons. The van der Waals surface area contributed by atoms with Gasteiger partial charge in [-0.25, -0.2) is 15.0 Å². The first kappa shape index (κ1) is 16.1. The Kier molecular flexibility index (Phi) is 3.15. The van der Waals surface area contributed by atoms with Gasteiger partial charge < -0.3 is 10.3 Å². The van der Waals surface area contributed by atoms with E-state index in [4.69, 9.17) is 15.0 Å². The molecule has 6 bridgehead atoms. The van der Waals surface area contributed by atoms with Crippen molar-refractivity contribution in [1.82, 2.24) is 15.6 Å². The zero-order valence-electron chi connectivity index (χ0n) is 16.0. The second-order valence-corrected chi connectivity index (χ2v) is 7.84. The highest BCUT2D eigenvalue weighted by Crippen LogP contribution is 2.35. The molecule has 3 unspecified atom stereocenters. The Bertz CT molecular complexity index is 1480. The van der Waals surface area contributed by atoms with E-state index in [9.17, 15) is 0 Å². The molecule has 4 heterocycles. The van der Waals surface area contributed by atoms with Gasteiger partial charge in [-0.1, -0.05) is 72.8 Å². The zero-order valence-corrected chi connectivity index (χ0v) is 16.0. The van der Waals surface area contributed by atoms with Crippen molar-refractivity contribution in [3.8, 4) is 0 Å². The number of H-pyrrole nitrogens is 1. The average molecular weight is 390 g/mol. The van der Waals surface area contributed by atoms with E-state index in [0.29, 0.717) is 0 Å². The first-order valence-corrected chi connectivity index (χ1v) is 10.2. The molecule has 0 fully saturated rings. The number of nitrogens with one attached hydrogen (secondary N) is 3. The van der Waals surface area contributed by atoms with E-state index in [1.54, 1.807) is 0 Å². The average Bonchev–Trinajstić information content (AvgIpc) is 3.43. The maximum Gasteiger partial charge on any atom is 0.170 e. The van der Waals surface area contributed by atoms with Gasteiger partial charge in [0.2, 0.25) is 0 Å². The number of benzene rings is 3. The molecule has 7 rings (SSSR count). The topological polar surface area (TPSA) is 76.9 Å². The van der Waals surface area contributed by atoms with Gasteiger partial charge in [-0.3, -0.25) is 5.32 Å². The highest BCUT2D eigenvalue weighted by Gasteiger charge is 2.33. The predicted octanol–water partition coefficient (Wildman–Crippen LogP) is 2.77. The van der Waals surface area contributed by atoms with Crippen LogP contribution in [0, 0.1) is 0 Å². The molecule has 6 heteroatoms. The number of nitrogens with zero attached hydrogens (tertiary/aromatic N) is 3. The number of fused-ring (bicyclic) bond motifs is 14. The van der Waals surface area contributed by atoms with Crippen molar-refractivity contribution in [2.24, 2.45) is 15.0 Å². The molecule has 0 saturated carbocycles. The first-order chi connectivity index (χ1) is 14.8. The Labute approximate surface area is 172 Å². The van der Waals surface area contributed by atoms with Crippen LogP contribution < -0.4 is 21.6 Å². The predicted molar refractivity (Wildman–Crippen MR) is 115 cm³/mol. The number of rotatable bonds is 0. The Hall–Kier alpha value is -3.77. The van der Waals surface area contributed by atoms with Crippen LogP contribution in [-0.2, 0) is 0 Å². The smallest absolute Gasteiger partial charge is 0.170 e. The van der Waals surface area contributed by atoms with Gasteiger partial charge in [0.15, 0.2) is 6.17 Å². The molecule has 6 nitrogen and oxygen atoms in total. The Balaban J connectivity index is 1.58. The number of aliphatic imine (C=N–C) groups is 1. The Morgan fingerprint density at radius 3 is 2.13 bits per heavy atom. The summed E-state index contributed by atoms with van der Waals surface area (Å²) in [4.78, 5) is 18.5. The molecule has 3 N–H and O–H groups in total. The number of aromatic amines is 1. The molecular formula is C24H18N6. The summed E-state index contributed by atoms with van der Waals surface area (Å²) >= 11 is 0. The molecule has 3 aliphatic heterocycles. The molecule has 30 heavy (non-hydrogen) atoms. The van der Waals surface area contributed by atoms with Crippen molar-refractivity contribution in [3.05, 3.63) is 106 Å². The zero-order chi connectivity index (χ0) is 19.7. The van der Waals surface area contributed by atoms with Crippen LogP contribution in [0.15, 0.2) is 87.8 Å². The van der Waals surface area contributed by atoms with Crippen molar-refractivity contribution < 1.29 is 0 Å². The molecule has 0 aliphatic carbocycles. The minimum atomic E-state index is -0.287. The van der Waals surface area contributed by atoms with Crippen molar-refractivity contribution in [3.63, 3.8) is 0 Å². The number of amidine groups is 1. The van der Waals surface area contributed by atoms with Crippen molar-refractivity contribution >= 4 is 16.6 Å². The summed E-state index contributed by atoms with van der Waals surface area (Å²) in [6.45, 7) is 0. The molecular weight excluding hydrogens is 372 g/mol. The number of aromatic nitrogens is 1. The molecule has 1 aromatic heterocycles. The quantitative estimate of drug-likeness (QED) is 0.432. The minimum absolute atomic E-state index is 0.0689. The van der Waals surface area contributed by atoms with Crippen LogP contribution in [0.5, 0.6) is 0 Å². The van der Waals surface area contributed by atoms with Gasteiger partial charge in [0, 0.05) is 21.9 Å². The van der Waals surface area contributed by atoms with Gasteiger partial charge in [-0.2, -0.15) is 0 Å². The fourth-order valence-electron chi connectivity index (χ4n) is 4.73. The summed E-state index contributed by atoms with van der Waals surface area (Å²) in [6.07, 6.45) is -0.507. The molecule has 3 aromatic carbocycles. The Morgan fingerprint density at radius 1 is 0.633 bits per heavy atom. The van der Waals surface area contributed by atoms with Crippen LogP contribution in [0.1, 0.15) is 40.8 Å². The van der Waals surface area contributed by atoms with Gasteiger partial charge in [0.1, 0.15) is 29.1 Å². The highest BCUT2D eigenvalue weighted by molar-refractivity contribution is 6.02.